The molecule has 0 bridgehead atoms. The van der Waals surface area contributed by atoms with Crippen LogP contribution in [0, 0.1) is 6.92 Å². The average molecular weight is 213 g/mol. The van der Waals surface area contributed by atoms with Crippen LogP contribution in [0.1, 0.15) is 30.8 Å². The van der Waals surface area contributed by atoms with Gasteiger partial charge in [-0.25, -0.2) is 4.98 Å². The number of aryl methyl sites for hydroxylation is 1. The van der Waals surface area contributed by atoms with Gasteiger partial charge in [-0.05, 0) is 20.3 Å². The molecule has 80 valence electrons. The Morgan fingerprint density at radius 3 is 2.64 bits per heavy atom. The normalized spacial score (nSPS) is 12.9. The number of nitrogens with zero attached hydrogens (tertiary/aromatic N) is 2. The molecule has 1 atom stereocenters. The second-order valence-electron chi connectivity index (χ2n) is 3.58. The molecule has 1 aromatic heterocycles. The fourth-order valence-electron chi connectivity index (χ4n) is 1.22. The minimum absolute atomic E-state index is 0.533. The average Bonchev–Trinajstić information content (AvgIpc) is 2.57. The molecule has 0 aliphatic rings. The van der Waals surface area contributed by atoms with E-state index in [0.717, 1.165) is 17.2 Å². The summed E-state index contributed by atoms with van der Waals surface area (Å²) < 4.78 is 0. The largest absolute Gasteiger partial charge is 0.348 e. The van der Waals surface area contributed by atoms with Gasteiger partial charge in [0.05, 0.1) is 5.69 Å². The van der Waals surface area contributed by atoms with Crippen molar-refractivity contribution in [3.8, 4) is 0 Å². The standard InChI is InChI=1S/C10H19N3S/c1-5-7(2)13(4)10-12-8(3)9(6-11)14-10/h7H,5-6,11H2,1-4H3. The summed E-state index contributed by atoms with van der Waals surface area (Å²) in [5.74, 6) is 0. The Kier molecular flexibility index (Phi) is 3.89. The van der Waals surface area contributed by atoms with Crippen molar-refractivity contribution in [1.29, 1.82) is 0 Å². The number of anilines is 1. The van der Waals surface area contributed by atoms with Crippen molar-refractivity contribution in [2.45, 2.75) is 39.8 Å². The number of hydrogen-bond donors (Lipinski definition) is 1. The maximum absolute atomic E-state index is 5.62. The van der Waals surface area contributed by atoms with Gasteiger partial charge in [-0.3, -0.25) is 0 Å². The van der Waals surface area contributed by atoms with Crippen LogP contribution in [0.15, 0.2) is 0 Å². The summed E-state index contributed by atoms with van der Waals surface area (Å²) in [5, 5.41) is 1.08. The number of hydrogen-bond acceptors (Lipinski definition) is 4. The second-order valence-corrected chi connectivity index (χ2v) is 4.64. The number of rotatable bonds is 4. The van der Waals surface area contributed by atoms with E-state index in [1.54, 1.807) is 11.3 Å². The predicted octanol–water partition coefficient (Wildman–Crippen LogP) is 2.14. The van der Waals surface area contributed by atoms with Crippen LogP contribution in [0.4, 0.5) is 5.13 Å². The van der Waals surface area contributed by atoms with Gasteiger partial charge in [0.15, 0.2) is 5.13 Å². The Bertz CT molecular complexity index is 296. The summed E-state index contributed by atoms with van der Waals surface area (Å²) in [4.78, 5) is 7.92. The van der Waals surface area contributed by atoms with E-state index in [-0.39, 0.29) is 0 Å². The molecule has 1 heterocycles. The van der Waals surface area contributed by atoms with E-state index in [4.69, 9.17) is 5.73 Å². The smallest absolute Gasteiger partial charge is 0.185 e. The van der Waals surface area contributed by atoms with Crippen molar-refractivity contribution in [1.82, 2.24) is 4.98 Å². The van der Waals surface area contributed by atoms with Crippen LogP contribution in [0.25, 0.3) is 0 Å². The van der Waals surface area contributed by atoms with E-state index in [1.165, 1.54) is 4.88 Å². The van der Waals surface area contributed by atoms with Gasteiger partial charge in [0.2, 0.25) is 0 Å². The molecule has 1 unspecified atom stereocenters. The quantitative estimate of drug-likeness (QED) is 0.833. The minimum atomic E-state index is 0.533. The third kappa shape index (κ3) is 2.25. The van der Waals surface area contributed by atoms with E-state index in [1.807, 2.05) is 6.92 Å². The van der Waals surface area contributed by atoms with Crippen molar-refractivity contribution in [3.05, 3.63) is 10.6 Å². The third-order valence-electron chi connectivity index (χ3n) is 2.62. The lowest BCUT2D eigenvalue weighted by atomic mass is 10.2. The molecule has 0 aromatic carbocycles. The fraction of sp³-hybridized carbons (Fsp3) is 0.700. The van der Waals surface area contributed by atoms with Gasteiger partial charge in [-0.1, -0.05) is 6.92 Å². The van der Waals surface area contributed by atoms with E-state index in [0.29, 0.717) is 12.6 Å². The first-order chi connectivity index (χ1) is 6.60. The lowest BCUT2D eigenvalue weighted by Crippen LogP contribution is -2.27. The minimum Gasteiger partial charge on any atom is -0.348 e. The Balaban J connectivity index is 2.85. The first-order valence-corrected chi connectivity index (χ1v) is 5.81. The predicted molar refractivity (Wildman–Crippen MR) is 62.9 cm³/mol. The highest BCUT2D eigenvalue weighted by molar-refractivity contribution is 7.15. The Labute approximate surface area is 89.9 Å². The van der Waals surface area contributed by atoms with Crippen molar-refractivity contribution in [2.75, 3.05) is 11.9 Å². The van der Waals surface area contributed by atoms with Gasteiger partial charge >= 0.3 is 0 Å². The Morgan fingerprint density at radius 2 is 2.21 bits per heavy atom. The molecule has 3 nitrogen and oxygen atoms in total. The summed E-state index contributed by atoms with van der Waals surface area (Å²) in [6, 6.07) is 0.533. The first-order valence-electron chi connectivity index (χ1n) is 4.99. The maximum Gasteiger partial charge on any atom is 0.185 e. The summed E-state index contributed by atoms with van der Waals surface area (Å²) in [7, 11) is 2.09. The molecule has 0 aliphatic carbocycles. The topological polar surface area (TPSA) is 42.2 Å². The van der Waals surface area contributed by atoms with Crippen molar-refractivity contribution >= 4 is 16.5 Å². The second kappa shape index (κ2) is 4.75. The molecule has 1 rings (SSSR count). The van der Waals surface area contributed by atoms with Crippen LogP contribution in [-0.2, 0) is 6.54 Å². The highest BCUT2D eigenvalue weighted by Gasteiger charge is 2.13. The maximum atomic E-state index is 5.62. The molecule has 0 saturated heterocycles. The zero-order valence-electron chi connectivity index (χ0n) is 9.37. The lowest BCUT2D eigenvalue weighted by molar-refractivity contribution is 0.661. The number of aromatic nitrogens is 1. The molecular weight excluding hydrogens is 194 g/mol. The van der Waals surface area contributed by atoms with Gasteiger partial charge in [0, 0.05) is 24.5 Å². The van der Waals surface area contributed by atoms with E-state index in [9.17, 15) is 0 Å². The van der Waals surface area contributed by atoms with Crippen LogP contribution in [0.5, 0.6) is 0 Å². The van der Waals surface area contributed by atoms with Crippen LogP contribution >= 0.6 is 11.3 Å². The zero-order valence-corrected chi connectivity index (χ0v) is 10.2. The van der Waals surface area contributed by atoms with Crippen LogP contribution < -0.4 is 10.6 Å². The molecule has 0 fully saturated rings. The van der Waals surface area contributed by atoms with Gasteiger partial charge in [0.1, 0.15) is 0 Å². The summed E-state index contributed by atoms with van der Waals surface area (Å²) in [6.45, 7) is 7.01. The highest BCUT2D eigenvalue weighted by atomic mass is 32.1. The van der Waals surface area contributed by atoms with Crippen molar-refractivity contribution in [2.24, 2.45) is 5.73 Å². The summed E-state index contributed by atoms with van der Waals surface area (Å²) in [5.41, 5.74) is 6.70. The molecule has 0 spiro atoms. The molecule has 1 aromatic rings. The molecule has 0 saturated carbocycles. The molecule has 2 N–H and O–H groups in total. The highest BCUT2D eigenvalue weighted by Crippen LogP contribution is 2.26. The molecule has 14 heavy (non-hydrogen) atoms. The summed E-state index contributed by atoms with van der Waals surface area (Å²) in [6.07, 6.45) is 1.13. The summed E-state index contributed by atoms with van der Waals surface area (Å²) >= 11 is 1.70. The SMILES string of the molecule is CCC(C)N(C)c1nc(C)c(CN)s1. The molecular formula is C10H19N3S. The van der Waals surface area contributed by atoms with Gasteiger partial charge in [-0.15, -0.1) is 11.3 Å². The molecule has 0 amide bonds. The zero-order chi connectivity index (χ0) is 10.7. The molecule has 0 radical (unpaired) electrons. The lowest BCUT2D eigenvalue weighted by Gasteiger charge is -2.22. The van der Waals surface area contributed by atoms with Crippen LogP contribution in [-0.4, -0.2) is 18.1 Å². The fourth-order valence-corrected chi connectivity index (χ4v) is 2.22. The van der Waals surface area contributed by atoms with Crippen LogP contribution in [0.3, 0.4) is 0 Å². The van der Waals surface area contributed by atoms with Gasteiger partial charge in [0.25, 0.3) is 0 Å². The molecule has 4 heteroatoms. The van der Waals surface area contributed by atoms with Crippen LogP contribution in [0.2, 0.25) is 0 Å². The Hall–Kier alpha value is -0.610. The monoisotopic (exact) mass is 213 g/mol. The van der Waals surface area contributed by atoms with Crippen molar-refractivity contribution in [3.63, 3.8) is 0 Å². The van der Waals surface area contributed by atoms with Crippen molar-refractivity contribution < 1.29 is 0 Å². The molecule has 0 aliphatic heterocycles. The van der Waals surface area contributed by atoms with Gasteiger partial charge < -0.3 is 10.6 Å². The van der Waals surface area contributed by atoms with E-state index >= 15 is 0 Å². The number of nitrogens with two attached hydrogens (primary N) is 1. The van der Waals surface area contributed by atoms with Gasteiger partial charge in [-0.2, -0.15) is 0 Å². The van der Waals surface area contributed by atoms with E-state index < -0.39 is 0 Å². The number of thiazole rings is 1. The first kappa shape index (κ1) is 11.5. The van der Waals surface area contributed by atoms with E-state index in [2.05, 4.69) is 30.8 Å². The Morgan fingerprint density at radius 1 is 1.57 bits per heavy atom. The third-order valence-corrected chi connectivity index (χ3v) is 3.89.